The maximum absolute atomic E-state index is 13.6. The van der Waals surface area contributed by atoms with Crippen molar-refractivity contribution in [3.8, 4) is 11.5 Å². The number of methoxy groups -OCH3 is 1. The summed E-state index contributed by atoms with van der Waals surface area (Å²) in [6.07, 6.45) is 15.9. The number of amides is 3. The Morgan fingerprint density at radius 2 is 1.44 bits per heavy atom. The highest BCUT2D eigenvalue weighted by Gasteiger charge is 2.21. The number of hydrogen-bond donors (Lipinski definition) is 6. The first-order valence-corrected chi connectivity index (χ1v) is 25.1. The molecule has 410 valence electrons. The molecule has 21 nitrogen and oxygen atoms in total. The first kappa shape index (κ1) is 66.7. The SMILES string of the molecule is C=C(C)Nc1cnn(C/C=C/COc2cc(C(N)=O)cc3nc(/C=C/C(C)=N\NCC)n(C/C=C/Cn4c(NC(=O)c5cc(C)nn5CC)nc5cc(C=O)cc(OC)c54)c23)c1.CC.CC.CC.CC.CN.NC=O. The van der Waals surface area contributed by atoms with E-state index in [1.54, 1.807) is 45.9 Å². The van der Waals surface area contributed by atoms with Crippen molar-refractivity contribution in [2.24, 2.45) is 22.3 Å². The van der Waals surface area contributed by atoms with Crippen LogP contribution in [0.15, 0.2) is 90.5 Å². The summed E-state index contributed by atoms with van der Waals surface area (Å²) in [5, 5.41) is 19.2. The van der Waals surface area contributed by atoms with Crippen molar-refractivity contribution in [1.82, 2.24) is 44.1 Å². The number of hydrazone groups is 1. The van der Waals surface area contributed by atoms with E-state index < -0.39 is 5.91 Å². The maximum atomic E-state index is 13.6. The lowest BCUT2D eigenvalue weighted by molar-refractivity contribution is -0.106. The number of nitrogens with one attached hydrogen (secondary N) is 3. The molecule has 3 amide bonds. The Labute approximate surface area is 443 Å². The Morgan fingerprint density at radius 1 is 0.827 bits per heavy atom. The number of hydrogen-bond acceptors (Lipinski definition) is 14. The zero-order chi connectivity index (χ0) is 57.0. The number of primary amides is 2. The molecule has 4 aromatic heterocycles. The molecule has 0 aliphatic rings. The number of aldehydes is 1. The van der Waals surface area contributed by atoms with Crippen molar-refractivity contribution < 1.29 is 28.7 Å². The zero-order valence-electron chi connectivity index (χ0n) is 46.8. The summed E-state index contributed by atoms with van der Waals surface area (Å²) in [4.78, 5) is 56.1. The van der Waals surface area contributed by atoms with E-state index in [0.29, 0.717) is 82.5 Å². The lowest BCUT2D eigenvalue weighted by Gasteiger charge is -2.12. The van der Waals surface area contributed by atoms with Gasteiger partial charge in [0.2, 0.25) is 18.3 Å². The molecule has 0 spiro atoms. The highest BCUT2D eigenvalue weighted by Crippen LogP contribution is 2.32. The van der Waals surface area contributed by atoms with Crippen LogP contribution >= 0.6 is 0 Å². The van der Waals surface area contributed by atoms with Gasteiger partial charge in [0.25, 0.3) is 5.91 Å². The van der Waals surface area contributed by atoms with Crippen LogP contribution in [0.4, 0.5) is 11.6 Å². The van der Waals surface area contributed by atoms with E-state index in [1.807, 2.05) is 142 Å². The van der Waals surface area contributed by atoms with E-state index in [9.17, 15) is 14.4 Å². The normalized spacial score (nSPS) is 10.5. The summed E-state index contributed by atoms with van der Waals surface area (Å²) in [5.74, 6) is 0.644. The van der Waals surface area contributed by atoms with Crippen molar-refractivity contribution in [2.45, 2.75) is 116 Å². The fourth-order valence-corrected chi connectivity index (χ4v) is 6.65. The number of nitrogens with two attached hydrogens (primary N) is 3. The monoisotopic (exact) mass is 1040 g/mol. The lowest BCUT2D eigenvalue weighted by atomic mass is 10.1. The first-order chi connectivity index (χ1) is 36.3. The van der Waals surface area contributed by atoms with Crippen LogP contribution in [0.1, 0.15) is 126 Å². The third-order valence-corrected chi connectivity index (χ3v) is 9.38. The molecule has 4 heterocycles. The number of nitrogens with zero attached hydrogens (tertiary/aromatic N) is 9. The molecule has 0 saturated carbocycles. The van der Waals surface area contributed by atoms with Gasteiger partial charge in [-0.3, -0.25) is 33.9 Å². The molecule has 0 saturated heterocycles. The van der Waals surface area contributed by atoms with Crippen molar-refractivity contribution in [3.63, 3.8) is 0 Å². The smallest absolute Gasteiger partial charge is 0.276 e. The number of carbonyl (C=O) groups is 4. The Hall–Kier alpha value is -8.33. The lowest BCUT2D eigenvalue weighted by Crippen LogP contribution is -2.20. The molecule has 9 N–H and O–H groups in total. The molecule has 6 aromatic rings. The predicted molar refractivity (Wildman–Crippen MR) is 307 cm³/mol. The van der Waals surface area contributed by atoms with Gasteiger partial charge in [-0.05, 0) is 90.2 Å². The molecule has 0 bridgehead atoms. The Morgan fingerprint density at radius 3 is 2.03 bits per heavy atom. The number of carbonyl (C=O) groups excluding carboxylic acids is 4. The number of aryl methyl sites for hydroxylation is 2. The molecule has 2 aromatic carbocycles. The highest BCUT2D eigenvalue weighted by molar-refractivity contribution is 6.04. The molecule has 6 rings (SSSR count). The van der Waals surface area contributed by atoms with Crippen molar-refractivity contribution in [1.29, 1.82) is 0 Å². The zero-order valence-corrected chi connectivity index (χ0v) is 46.8. The Bertz CT molecular complexity index is 2810. The van der Waals surface area contributed by atoms with E-state index in [0.717, 1.165) is 23.4 Å². The standard InChI is InChI=1S/C44H51N13O5.4C2H6.CH3NO.CH5N/c1-8-46-52-29(5)14-15-39-49-35-23-32(42(45)59)24-38(62-19-13-12-16-54-26-33(25-47-54)48-28(3)4)41(35)55(39)17-10-11-18-56-40-34(21-31(27-58)22-37(40)61-7)50-44(56)51-43(60)36-20-30(6)53-57(36)9-2;4*1-2;2-1-3;1-2/h10-15,20-27,46,48H,3,8-9,16-19H2,1-2,4-7H3,(H2,45,59)(H,50,51,60);4*1-2H3;1H,(H2,2,3);2H2,1H3/b11-10+,13-12+,15-14+,52-29-;;;;;;. The molecular weight excluding hydrogens is 955 g/mol. The number of rotatable bonds is 21. The highest BCUT2D eigenvalue weighted by atomic mass is 16.5. The Kier molecular flexibility index (Phi) is 33.3. The predicted octanol–water partition coefficient (Wildman–Crippen LogP) is 8.90. The van der Waals surface area contributed by atoms with Crippen molar-refractivity contribution in [2.75, 3.05) is 37.9 Å². The minimum atomic E-state index is -0.620. The number of imidazole rings is 2. The summed E-state index contributed by atoms with van der Waals surface area (Å²) >= 11 is 0. The van der Waals surface area contributed by atoms with Crippen LogP contribution in [0.5, 0.6) is 11.5 Å². The minimum Gasteiger partial charge on any atom is -0.494 e. The molecule has 21 heteroatoms. The van der Waals surface area contributed by atoms with Gasteiger partial charge in [0.15, 0.2) is 0 Å². The van der Waals surface area contributed by atoms with Crippen molar-refractivity contribution in [3.05, 3.63) is 114 Å². The molecule has 0 atom stereocenters. The van der Waals surface area contributed by atoms with Crippen molar-refractivity contribution >= 4 is 70.0 Å². The van der Waals surface area contributed by atoms with Gasteiger partial charge in [-0.25, -0.2) is 9.97 Å². The van der Waals surface area contributed by atoms with Crippen LogP contribution in [0.2, 0.25) is 0 Å². The largest absolute Gasteiger partial charge is 0.494 e. The fourth-order valence-electron chi connectivity index (χ4n) is 6.65. The first-order valence-electron chi connectivity index (χ1n) is 25.1. The van der Waals surface area contributed by atoms with Gasteiger partial charge < -0.3 is 46.6 Å². The van der Waals surface area contributed by atoms with E-state index in [2.05, 4.69) is 49.4 Å². The van der Waals surface area contributed by atoms with E-state index in [-0.39, 0.29) is 37.0 Å². The van der Waals surface area contributed by atoms with Gasteiger partial charge in [0.1, 0.15) is 46.9 Å². The minimum absolute atomic E-state index is 0.185. The van der Waals surface area contributed by atoms with E-state index in [4.69, 9.17) is 30.0 Å². The average Bonchev–Trinajstić information content (AvgIpc) is 4.22. The third kappa shape index (κ3) is 20.2. The second-order valence-electron chi connectivity index (χ2n) is 14.3. The number of anilines is 2. The second kappa shape index (κ2) is 37.4. The number of fused-ring (bicyclic) bond motifs is 2. The molecule has 0 radical (unpaired) electrons. The topological polar surface area (TPSA) is 285 Å². The maximum Gasteiger partial charge on any atom is 0.276 e. The summed E-state index contributed by atoms with van der Waals surface area (Å²) in [6.45, 7) is 31.7. The number of allylic oxidation sites excluding steroid dienone is 5. The number of aromatic nitrogens is 8. The van der Waals surface area contributed by atoms with Gasteiger partial charge in [-0.15, -0.1) is 0 Å². The second-order valence-corrected chi connectivity index (χ2v) is 14.3. The number of benzene rings is 2. The average molecular weight is 1040 g/mol. The van der Waals surface area contributed by atoms with E-state index >= 15 is 0 Å². The molecule has 75 heavy (non-hydrogen) atoms. The quantitative estimate of drug-likeness (QED) is 0.0170. The summed E-state index contributed by atoms with van der Waals surface area (Å²) in [7, 11) is 3.01. The van der Waals surface area contributed by atoms with Gasteiger partial charge in [0, 0.05) is 49.2 Å². The molecule has 0 fully saturated rings. The summed E-state index contributed by atoms with van der Waals surface area (Å²) < 4.78 is 19.2. The molecule has 0 aliphatic heterocycles. The van der Waals surface area contributed by atoms with Gasteiger partial charge in [-0.2, -0.15) is 15.3 Å². The van der Waals surface area contributed by atoms with Crippen LogP contribution in [0.25, 0.3) is 28.1 Å². The van der Waals surface area contributed by atoms with E-state index in [1.165, 1.54) is 14.2 Å². The number of ether oxygens (including phenoxy) is 2. The van der Waals surface area contributed by atoms with Crippen LogP contribution in [-0.2, 0) is 31.0 Å². The van der Waals surface area contributed by atoms with Gasteiger partial charge in [0.05, 0.1) is 48.0 Å². The fraction of sp³-hybridized carbons (Fsp3) is 0.389. The van der Waals surface area contributed by atoms with Crippen LogP contribution in [0, 0.1) is 6.92 Å². The molecular formula is C54H83N15O6. The molecule has 0 unspecified atom stereocenters. The Balaban J connectivity index is 0.00000389. The van der Waals surface area contributed by atoms with Gasteiger partial charge in [-0.1, -0.05) is 80.2 Å². The van der Waals surface area contributed by atoms with Gasteiger partial charge >= 0.3 is 0 Å². The van der Waals surface area contributed by atoms with Crippen LogP contribution in [0.3, 0.4) is 0 Å². The third-order valence-electron chi connectivity index (χ3n) is 9.38. The van der Waals surface area contributed by atoms with Crippen LogP contribution in [-0.4, -0.2) is 96.2 Å². The summed E-state index contributed by atoms with van der Waals surface area (Å²) in [5.41, 5.74) is 23.7. The van der Waals surface area contributed by atoms with Crippen LogP contribution < -0.4 is 42.7 Å². The summed E-state index contributed by atoms with van der Waals surface area (Å²) in [6, 6.07) is 8.25. The molecule has 0 aliphatic carbocycles.